The SMILES string of the molecule is CC(C)(C)c1cccc(S(=O)(=O)N2CCCC[C@H]2C(=O)N[C@@H](Cc2ccc(OCc3ccccc3)cc2)c2nc3ccccc3[nH]2)c1. The molecule has 0 bridgehead atoms. The lowest BCUT2D eigenvalue weighted by atomic mass is 9.87. The van der Waals surface area contributed by atoms with Crippen LogP contribution in [-0.4, -0.2) is 41.2 Å². The number of nitrogens with zero attached hydrogens (tertiary/aromatic N) is 2. The number of aromatic amines is 1. The van der Waals surface area contributed by atoms with Crippen molar-refractivity contribution < 1.29 is 17.9 Å². The molecule has 1 aromatic heterocycles. The molecule has 0 aliphatic carbocycles. The van der Waals surface area contributed by atoms with Crippen molar-refractivity contribution in [3.05, 3.63) is 126 Å². The van der Waals surface area contributed by atoms with Gasteiger partial charge in [0.25, 0.3) is 0 Å². The van der Waals surface area contributed by atoms with Gasteiger partial charge in [-0.2, -0.15) is 4.31 Å². The largest absolute Gasteiger partial charge is 0.489 e. The Morgan fingerprint density at radius 3 is 2.43 bits per heavy atom. The summed E-state index contributed by atoms with van der Waals surface area (Å²) in [6.07, 6.45) is 2.38. The molecule has 1 saturated heterocycles. The number of benzene rings is 4. The molecule has 1 amide bonds. The number of sulfonamides is 1. The number of aromatic nitrogens is 2. The zero-order valence-electron chi connectivity index (χ0n) is 27.1. The van der Waals surface area contributed by atoms with Gasteiger partial charge in [0.05, 0.1) is 22.0 Å². The molecule has 1 aliphatic rings. The van der Waals surface area contributed by atoms with E-state index in [1.807, 2.05) is 84.9 Å². The molecule has 0 saturated carbocycles. The number of nitrogens with one attached hydrogen (secondary N) is 2. The first-order chi connectivity index (χ1) is 22.6. The molecular weight excluding hydrogens is 609 g/mol. The van der Waals surface area contributed by atoms with Crippen LogP contribution in [0, 0.1) is 0 Å². The lowest BCUT2D eigenvalue weighted by molar-refractivity contribution is -0.126. The van der Waals surface area contributed by atoms with Gasteiger partial charge in [0.2, 0.25) is 15.9 Å². The molecule has 5 aromatic rings. The first-order valence-corrected chi connectivity index (χ1v) is 17.6. The van der Waals surface area contributed by atoms with Crippen LogP contribution in [0.3, 0.4) is 0 Å². The fraction of sp³-hybridized carbons (Fsp3) is 0.316. The normalized spacial score (nSPS) is 16.5. The highest BCUT2D eigenvalue weighted by Crippen LogP contribution is 2.30. The molecule has 8 nitrogen and oxygen atoms in total. The van der Waals surface area contributed by atoms with Crippen LogP contribution in [0.5, 0.6) is 5.75 Å². The quantitative estimate of drug-likeness (QED) is 0.168. The number of rotatable bonds is 10. The van der Waals surface area contributed by atoms with Crippen molar-refractivity contribution in [2.45, 2.75) is 75.5 Å². The second kappa shape index (κ2) is 13.7. The Morgan fingerprint density at radius 1 is 0.936 bits per heavy atom. The molecule has 1 fully saturated rings. The molecule has 4 aromatic carbocycles. The molecule has 1 aliphatic heterocycles. The van der Waals surface area contributed by atoms with E-state index in [4.69, 9.17) is 9.72 Å². The van der Waals surface area contributed by atoms with Crippen molar-refractivity contribution >= 4 is 27.0 Å². The molecule has 0 unspecified atom stereocenters. The zero-order chi connectivity index (χ0) is 33.0. The van der Waals surface area contributed by atoms with Gasteiger partial charge in [-0.3, -0.25) is 4.79 Å². The number of imidazole rings is 1. The van der Waals surface area contributed by atoms with E-state index >= 15 is 0 Å². The van der Waals surface area contributed by atoms with Gasteiger partial charge in [-0.15, -0.1) is 0 Å². The van der Waals surface area contributed by atoms with Crippen LogP contribution < -0.4 is 10.1 Å². The van der Waals surface area contributed by atoms with Gasteiger partial charge in [0, 0.05) is 6.54 Å². The highest BCUT2D eigenvalue weighted by molar-refractivity contribution is 7.89. The number of fused-ring (bicyclic) bond motifs is 1. The Balaban J connectivity index is 1.24. The fourth-order valence-corrected chi connectivity index (χ4v) is 7.74. The van der Waals surface area contributed by atoms with Crippen LogP contribution in [-0.2, 0) is 33.3 Å². The number of ether oxygens (including phenoxy) is 1. The minimum atomic E-state index is -3.91. The van der Waals surface area contributed by atoms with Gasteiger partial charge in [-0.05, 0) is 77.8 Å². The maximum Gasteiger partial charge on any atom is 0.243 e. The first kappa shape index (κ1) is 32.5. The van der Waals surface area contributed by atoms with Crippen molar-refractivity contribution in [1.82, 2.24) is 19.6 Å². The van der Waals surface area contributed by atoms with Crippen LogP contribution in [0.25, 0.3) is 11.0 Å². The Kier molecular flexibility index (Phi) is 9.47. The Bertz CT molecular complexity index is 1900. The van der Waals surface area contributed by atoms with Crippen LogP contribution in [0.2, 0.25) is 0 Å². The van der Waals surface area contributed by atoms with E-state index in [9.17, 15) is 13.2 Å². The summed E-state index contributed by atoms with van der Waals surface area (Å²) in [5.41, 5.74) is 4.45. The van der Waals surface area contributed by atoms with Gasteiger partial charge >= 0.3 is 0 Å². The third-order valence-electron chi connectivity index (χ3n) is 8.73. The third kappa shape index (κ3) is 7.58. The van der Waals surface area contributed by atoms with Crippen molar-refractivity contribution in [2.24, 2.45) is 0 Å². The number of amides is 1. The van der Waals surface area contributed by atoms with Crippen LogP contribution in [0.4, 0.5) is 0 Å². The summed E-state index contributed by atoms with van der Waals surface area (Å²) in [7, 11) is -3.91. The smallest absolute Gasteiger partial charge is 0.243 e. The van der Waals surface area contributed by atoms with E-state index in [2.05, 4.69) is 31.1 Å². The summed E-state index contributed by atoms with van der Waals surface area (Å²) in [6, 6.07) is 31.3. The van der Waals surface area contributed by atoms with E-state index in [1.54, 1.807) is 18.2 Å². The lowest BCUT2D eigenvalue weighted by Crippen LogP contribution is -2.52. The second-order valence-electron chi connectivity index (χ2n) is 13.2. The van der Waals surface area contributed by atoms with Crippen LogP contribution in [0.1, 0.15) is 68.6 Å². The molecule has 9 heteroatoms. The maximum atomic E-state index is 14.1. The topological polar surface area (TPSA) is 104 Å². The van der Waals surface area contributed by atoms with Gasteiger partial charge in [0.15, 0.2) is 0 Å². The van der Waals surface area contributed by atoms with Gasteiger partial charge < -0.3 is 15.0 Å². The van der Waals surface area contributed by atoms with Crippen molar-refractivity contribution in [1.29, 1.82) is 0 Å². The molecule has 47 heavy (non-hydrogen) atoms. The molecule has 2 atom stereocenters. The average Bonchev–Trinajstić information content (AvgIpc) is 3.52. The number of hydrogen-bond acceptors (Lipinski definition) is 5. The number of carbonyl (C=O) groups is 1. The van der Waals surface area contributed by atoms with Crippen molar-refractivity contribution in [3.8, 4) is 5.75 Å². The Hall–Kier alpha value is -4.47. The van der Waals surface area contributed by atoms with E-state index in [1.165, 1.54) is 4.31 Å². The Labute approximate surface area is 277 Å². The van der Waals surface area contributed by atoms with E-state index in [0.29, 0.717) is 38.2 Å². The molecule has 2 heterocycles. The first-order valence-electron chi connectivity index (χ1n) is 16.2. The van der Waals surface area contributed by atoms with E-state index < -0.39 is 22.1 Å². The second-order valence-corrected chi connectivity index (χ2v) is 15.1. The van der Waals surface area contributed by atoms with Gasteiger partial charge in [-0.1, -0.05) is 93.9 Å². The Morgan fingerprint density at radius 2 is 1.68 bits per heavy atom. The van der Waals surface area contributed by atoms with Crippen molar-refractivity contribution in [3.63, 3.8) is 0 Å². The highest BCUT2D eigenvalue weighted by atomic mass is 32.2. The number of H-pyrrole nitrogens is 1. The summed E-state index contributed by atoms with van der Waals surface area (Å²) in [4.78, 5) is 22.5. The van der Waals surface area contributed by atoms with Crippen LogP contribution >= 0.6 is 0 Å². The number of piperidine rings is 1. The lowest BCUT2D eigenvalue weighted by Gasteiger charge is -2.34. The molecule has 0 radical (unpaired) electrons. The monoisotopic (exact) mass is 650 g/mol. The summed E-state index contributed by atoms with van der Waals surface area (Å²) < 4.78 is 35.4. The summed E-state index contributed by atoms with van der Waals surface area (Å²) in [6.45, 7) is 6.93. The molecule has 6 rings (SSSR count). The average molecular weight is 651 g/mol. The van der Waals surface area contributed by atoms with Gasteiger partial charge in [-0.25, -0.2) is 13.4 Å². The minimum Gasteiger partial charge on any atom is -0.489 e. The number of carbonyl (C=O) groups excluding carboxylic acids is 1. The molecule has 2 N–H and O–H groups in total. The third-order valence-corrected chi connectivity index (χ3v) is 10.6. The number of para-hydroxylation sites is 2. The van der Waals surface area contributed by atoms with Gasteiger partial charge in [0.1, 0.15) is 24.2 Å². The molecule has 0 spiro atoms. The highest BCUT2D eigenvalue weighted by Gasteiger charge is 2.39. The fourth-order valence-electron chi connectivity index (χ4n) is 6.03. The summed E-state index contributed by atoms with van der Waals surface area (Å²) in [5, 5.41) is 3.19. The molecule has 244 valence electrons. The van der Waals surface area contributed by atoms with E-state index in [0.717, 1.165) is 39.9 Å². The van der Waals surface area contributed by atoms with E-state index in [-0.39, 0.29) is 16.2 Å². The van der Waals surface area contributed by atoms with Crippen molar-refractivity contribution in [2.75, 3.05) is 6.54 Å². The predicted octanol–water partition coefficient (Wildman–Crippen LogP) is 7.08. The predicted molar refractivity (Wildman–Crippen MR) is 185 cm³/mol. The zero-order valence-corrected chi connectivity index (χ0v) is 28.0. The number of hydrogen-bond donors (Lipinski definition) is 2. The minimum absolute atomic E-state index is 0.212. The standard InChI is InChI=1S/C38H42N4O4S/c1-38(2,3)29-14-11-15-31(25-29)47(44,45)42-23-10-9-18-35(42)37(43)41-34(36-39-32-16-7-8-17-33(32)40-36)24-27-19-21-30(22-20-27)46-26-28-12-5-4-6-13-28/h4-8,11-17,19-22,25,34-35H,9-10,18,23-24,26H2,1-3H3,(H,39,40)(H,41,43)/t34-,35-/m0/s1. The van der Waals surface area contributed by atoms with Crippen LogP contribution in [0.15, 0.2) is 108 Å². The summed E-state index contributed by atoms with van der Waals surface area (Å²) >= 11 is 0. The maximum absolute atomic E-state index is 14.1. The molecular formula is C38H42N4O4S. The summed E-state index contributed by atoms with van der Waals surface area (Å²) in [5.74, 6) is 1.04.